The Labute approximate surface area is 98.5 Å². The lowest BCUT2D eigenvalue weighted by Gasteiger charge is -2.17. The fraction of sp³-hybridized carbons (Fsp3) is 0.636. The molecule has 5 heteroatoms. The summed E-state index contributed by atoms with van der Waals surface area (Å²) in [6.07, 6.45) is 2.29. The van der Waals surface area contributed by atoms with Gasteiger partial charge >= 0.3 is 0 Å². The molecule has 1 amide bonds. The Bertz CT molecular complexity index is 392. The number of amides is 1. The molecule has 2 N–H and O–H groups in total. The second-order valence-electron chi connectivity index (χ2n) is 4.75. The molecule has 0 aromatic carbocycles. The summed E-state index contributed by atoms with van der Waals surface area (Å²) in [7, 11) is 0. The van der Waals surface area contributed by atoms with Crippen LogP contribution in [0.2, 0.25) is 0 Å². The number of nitrogens with two attached hydrogens (primary N) is 1. The Morgan fingerprint density at radius 1 is 1.50 bits per heavy atom. The van der Waals surface area contributed by atoms with Gasteiger partial charge in [-0.05, 0) is 24.7 Å². The predicted molar refractivity (Wildman–Crippen MR) is 62.2 cm³/mol. The van der Waals surface area contributed by atoms with Crippen LogP contribution in [-0.4, -0.2) is 34.9 Å². The summed E-state index contributed by atoms with van der Waals surface area (Å²) in [5, 5.41) is 1.82. The molecule has 3 rings (SSSR count). The standard InChI is InChI=1S/C11H15N3OS/c12-9-2-1-7-3-14(4-8(7)9)11(15)10-5-16-6-13-10/h5-9H,1-4,12H2. The molecule has 16 heavy (non-hydrogen) atoms. The van der Waals surface area contributed by atoms with E-state index in [1.165, 1.54) is 17.8 Å². The van der Waals surface area contributed by atoms with Crippen LogP contribution in [0.15, 0.2) is 10.9 Å². The molecule has 2 heterocycles. The van der Waals surface area contributed by atoms with Crippen LogP contribution in [0.3, 0.4) is 0 Å². The number of nitrogens with zero attached hydrogens (tertiary/aromatic N) is 2. The molecule has 1 aliphatic heterocycles. The van der Waals surface area contributed by atoms with Gasteiger partial charge in [-0.25, -0.2) is 4.98 Å². The molecule has 0 radical (unpaired) electrons. The maximum absolute atomic E-state index is 12.1. The second-order valence-corrected chi connectivity index (χ2v) is 5.47. The molecule has 3 unspecified atom stereocenters. The number of thiazole rings is 1. The lowest BCUT2D eigenvalue weighted by Crippen LogP contribution is -2.33. The molecular formula is C11H15N3OS. The smallest absolute Gasteiger partial charge is 0.273 e. The third kappa shape index (κ3) is 1.55. The lowest BCUT2D eigenvalue weighted by atomic mass is 9.98. The molecule has 86 valence electrons. The Kier molecular flexibility index (Phi) is 2.44. The van der Waals surface area contributed by atoms with Crippen LogP contribution in [0, 0.1) is 11.8 Å². The molecule has 1 aromatic heterocycles. The third-order valence-electron chi connectivity index (χ3n) is 3.85. The van der Waals surface area contributed by atoms with Gasteiger partial charge in [0.1, 0.15) is 5.69 Å². The Hall–Kier alpha value is -0.940. The summed E-state index contributed by atoms with van der Waals surface area (Å²) in [6, 6.07) is 0.290. The van der Waals surface area contributed by atoms with Crippen LogP contribution in [0.25, 0.3) is 0 Å². The normalized spacial score (nSPS) is 33.1. The van der Waals surface area contributed by atoms with Crippen molar-refractivity contribution in [3.63, 3.8) is 0 Å². The van der Waals surface area contributed by atoms with E-state index in [2.05, 4.69) is 4.98 Å². The van der Waals surface area contributed by atoms with Gasteiger partial charge < -0.3 is 10.6 Å². The zero-order valence-corrected chi connectivity index (χ0v) is 9.82. The number of hydrogen-bond donors (Lipinski definition) is 1. The van der Waals surface area contributed by atoms with E-state index >= 15 is 0 Å². The van der Waals surface area contributed by atoms with Crippen molar-refractivity contribution in [1.29, 1.82) is 0 Å². The Balaban J connectivity index is 1.73. The van der Waals surface area contributed by atoms with Crippen LogP contribution in [0.5, 0.6) is 0 Å². The number of hydrogen-bond acceptors (Lipinski definition) is 4. The molecule has 1 aliphatic carbocycles. The van der Waals surface area contributed by atoms with Gasteiger partial charge in [0.2, 0.25) is 0 Å². The van der Waals surface area contributed by atoms with E-state index in [9.17, 15) is 4.79 Å². The van der Waals surface area contributed by atoms with Crippen molar-refractivity contribution < 1.29 is 4.79 Å². The van der Waals surface area contributed by atoms with Crippen molar-refractivity contribution >= 4 is 17.2 Å². The Morgan fingerprint density at radius 3 is 3.06 bits per heavy atom. The van der Waals surface area contributed by atoms with E-state index in [4.69, 9.17) is 5.73 Å². The molecule has 2 fully saturated rings. The maximum Gasteiger partial charge on any atom is 0.273 e. The first-order valence-corrected chi connectivity index (χ1v) is 6.63. The van der Waals surface area contributed by atoms with Crippen LogP contribution >= 0.6 is 11.3 Å². The molecule has 0 bridgehead atoms. The summed E-state index contributed by atoms with van der Waals surface area (Å²) in [5.74, 6) is 1.21. The molecule has 4 nitrogen and oxygen atoms in total. The van der Waals surface area contributed by atoms with Gasteiger partial charge in [-0.3, -0.25) is 4.79 Å². The SMILES string of the molecule is NC1CCC2CN(C(=O)c3cscn3)CC12. The quantitative estimate of drug-likeness (QED) is 0.791. The highest BCUT2D eigenvalue weighted by Crippen LogP contribution is 2.37. The maximum atomic E-state index is 12.1. The van der Waals surface area contributed by atoms with E-state index in [0.29, 0.717) is 23.6 Å². The van der Waals surface area contributed by atoms with Crippen molar-refractivity contribution in [3.8, 4) is 0 Å². The summed E-state index contributed by atoms with van der Waals surface area (Å²) in [4.78, 5) is 18.1. The highest BCUT2D eigenvalue weighted by molar-refractivity contribution is 7.07. The highest BCUT2D eigenvalue weighted by Gasteiger charge is 2.42. The molecule has 1 saturated heterocycles. The minimum absolute atomic E-state index is 0.0721. The fourth-order valence-electron chi connectivity index (χ4n) is 2.95. The van der Waals surface area contributed by atoms with Gasteiger partial charge in [0.05, 0.1) is 5.51 Å². The van der Waals surface area contributed by atoms with Crippen LogP contribution in [0.4, 0.5) is 0 Å². The largest absolute Gasteiger partial charge is 0.337 e. The molecule has 1 saturated carbocycles. The van der Waals surface area contributed by atoms with Crippen LogP contribution in [-0.2, 0) is 0 Å². The van der Waals surface area contributed by atoms with Crippen molar-refractivity contribution in [3.05, 3.63) is 16.6 Å². The van der Waals surface area contributed by atoms with Crippen molar-refractivity contribution in [1.82, 2.24) is 9.88 Å². The van der Waals surface area contributed by atoms with Crippen molar-refractivity contribution in [2.75, 3.05) is 13.1 Å². The number of likely N-dealkylation sites (tertiary alicyclic amines) is 1. The molecule has 2 aliphatic rings. The molecule has 1 aromatic rings. The van der Waals surface area contributed by atoms with Crippen LogP contribution in [0.1, 0.15) is 23.3 Å². The topological polar surface area (TPSA) is 59.2 Å². The minimum Gasteiger partial charge on any atom is -0.337 e. The average Bonchev–Trinajstić information content (AvgIpc) is 2.96. The number of fused-ring (bicyclic) bond motifs is 1. The van der Waals surface area contributed by atoms with E-state index in [-0.39, 0.29) is 5.91 Å². The predicted octanol–water partition coefficient (Wildman–Crippen LogP) is 0.952. The van der Waals surface area contributed by atoms with Crippen molar-refractivity contribution in [2.24, 2.45) is 17.6 Å². The summed E-state index contributed by atoms with van der Waals surface area (Å²) in [5.41, 5.74) is 8.34. The van der Waals surface area contributed by atoms with Gasteiger partial charge in [-0.1, -0.05) is 0 Å². The monoisotopic (exact) mass is 237 g/mol. The number of rotatable bonds is 1. The van der Waals surface area contributed by atoms with Crippen LogP contribution < -0.4 is 5.73 Å². The Morgan fingerprint density at radius 2 is 2.38 bits per heavy atom. The average molecular weight is 237 g/mol. The second kappa shape index (κ2) is 3.82. The van der Waals surface area contributed by atoms with Gasteiger partial charge in [0.15, 0.2) is 0 Å². The van der Waals surface area contributed by atoms with Gasteiger partial charge in [0, 0.05) is 24.5 Å². The van der Waals surface area contributed by atoms with E-state index in [0.717, 1.165) is 19.5 Å². The first kappa shape index (κ1) is 10.2. The third-order valence-corrected chi connectivity index (χ3v) is 4.44. The van der Waals surface area contributed by atoms with E-state index < -0.39 is 0 Å². The zero-order chi connectivity index (χ0) is 11.1. The zero-order valence-electron chi connectivity index (χ0n) is 9.00. The van der Waals surface area contributed by atoms with Gasteiger partial charge in [0.25, 0.3) is 5.91 Å². The van der Waals surface area contributed by atoms with E-state index in [1.54, 1.807) is 5.51 Å². The first-order valence-electron chi connectivity index (χ1n) is 5.69. The van der Waals surface area contributed by atoms with E-state index in [1.807, 2.05) is 10.3 Å². The number of carbonyl (C=O) groups excluding carboxylic acids is 1. The van der Waals surface area contributed by atoms with Crippen molar-refractivity contribution in [2.45, 2.75) is 18.9 Å². The highest BCUT2D eigenvalue weighted by atomic mass is 32.1. The lowest BCUT2D eigenvalue weighted by molar-refractivity contribution is 0.0774. The summed E-state index contributed by atoms with van der Waals surface area (Å²) in [6.45, 7) is 1.69. The van der Waals surface area contributed by atoms with Gasteiger partial charge in [-0.2, -0.15) is 0 Å². The summed E-state index contributed by atoms with van der Waals surface area (Å²) < 4.78 is 0. The molecule has 0 spiro atoms. The number of aromatic nitrogens is 1. The molecular weight excluding hydrogens is 222 g/mol. The number of carbonyl (C=O) groups is 1. The first-order chi connectivity index (χ1) is 7.75. The summed E-state index contributed by atoms with van der Waals surface area (Å²) >= 11 is 1.47. The minimum atomic E-state index is 0.0721. The van der Waals surface area contributed by atoms with Gasteiger partial charge in [-0.15, -0.1) is 11.3 Å². The molecule has 3 atom stereocenters. The fourth-order valence-corrected chi connectivity index (χ4v) is 3.48.